The number of nitrogens with zero attached hydrogens (tertiary/aromatic N) is 2. The average Bonchev–Trinajstić information content (AvgIpc) is 2.74. The molecule has 0 heterocycles. The van der Waals surface area contributed by atoms with Crippen molar-refractivity contribution >= 4 is 43.5 Å². The highest BCUT2D eigenvalue weighted by Crippen LogP contribution is 2.27. The van der Waals surface area contributed by atoms with Gasteiger partial charge in [-0.25, -0.2) is 8.42 Å². The number of anilines is 1. The Morgan fingerprint density at radius 3 is 2.06 bits per heavy atom. The van der Waals surface area contributed by atoms with Crippen molar-refractivity contribution in [1.29, 1.82) is 0 Å². The van der Waals surface area contributed by atoms with Gasteiger partial charge >= 0.3 is 0 Å². The number of sulfonamides is 1. The van der Waals surface area contributed by atoms with Crippen LogP contribution in [0.1, 0.15) is 37.5 Å². The molecule has 0 aliphatic heterocycles. The Balaban J connectivity index is 2.41. The van der Waals surface area contributed by atoms with Crippen molar-refractivity contribution in [3.8, 4) is 0 Å². The van der Waals surface area contributed by atoms with Crippen molar-refractivity contribution in [2.24, 2.45) is 5.92 Å². The molecule has 0 spiro atoms. The molecular weight excluding hydrogens is 518 g/mol. The van der Waals surface area contributed by atoms with E-state index in [4.69, 9.17) is 0 Å². The first kappa shape index (κ1) is 27.9. The SMILES string of the molecule is Cc1cccc(C)c1N(CC(=O)N(Cc1ccc(Br)cc1)[C@H](C)C(=O)NCC(C)C)S(C)(=O)=O. The van der Waals surface area contributed by atoms with Gasteiger partial charge in [-0.05, 0) is 55.5 Å². The van der Waals surface area contributed by atoms with E-state index in [1.807, 2.05) is 70.2 Å². The summed E-state index contributed by atoms with van der Waals surface area (Å²) in [6, 6.07) is 12.1. The lowest BCUT2D eigenvalue weighted by atomic mass is 10.1. The molecule has 0 unspecified atom stereocenters. The van der Waals surface area contributed by atoms with Crippen LogP contribution in [0.15, 0.2) is 46.9 Å². The second kappa shape index (κ2) is 11.8. The summed E-state index contributed by atoms with van der Waals surface area (Å²) in [4.78, 5) is 27.9. The number of rotatable bonds is 10. The fourth-order valence-corrected chi connectivity index (χ4v) is 4.83. The molecule has 2 aromatic carbocycles. The Morgan fingerprint density at radius 1 is 1.00 bits per heavy atom. The number of hydrogen-bond donors (Lipinski definition) is 1. The van der Waals surface area contributed by atoms with Crippen molar-refractivity contribution in [2.75, 3.05) is 23.7 Å². The first-order valence-electron chi connectivity index (χ1n) is 11.2. The van der Waals surface area contributed by atoms with Gasteiger partial charge in [-0.15, -0.1) is 0 Å². The Kier molecular flexibility index (Phi) is 9.70. The van der Waals surface area contributed by atoms with Gasteiger partial charge < -0.3 is 10.2 Å². The van der Waals surface area contributed by atoms with Gasteiger partial charge in [0.15, 0.2) is 0 Å². The first-order valence-corrected chi connectivity index (χ1v) is 13.8. The van der Waals surface area contributed by atoms with Crippen LogP contribution in [0.25, 0.3) is 0 Å². The number of nitrogens with one attached hydrogen (secondary N) is 1. The maximum Gasteiger partial charge on any atom is 0.244 e. The van der Waals surface area contributed by atoms with Crippen LogP contribution in [-0.4, -0.2) is 50.5 Å². The number of carbonyl (C=O) groups is 2. The van der Waals surface area contributed by atoms with E-state index in [1.165, 1.54) is 4.90 Å². The topological polar surface area (TPSA) is 86.8 Å². The second-order valence-corrected chi connectivity index (χ2v) is 11.8. The minimum atomic E-state index is -3.76. The fourth-order valence-electron chi connectivity index (χ4n) is 3.60. The van der Waals surface area contributed by atoms with Gasteiger partial charge in [0.1, 0.15) is 12.6 Å². The molecule has 0 saturated carbocycles. The summed E-state index contributed by atoms with van der Waals surface area (Å²) in [7, 11) is -3.76. The van der Waals surface area contributed by atoms with E-state index < -0.39 is 28.5 Å². The van der Waals surface area contributed by atoms with Gasteiger partial charge in [-0.1, -0.05) is 60.1 Å². The highest BCUT2D eigenvalue weighted by Gasteiger charge is 2.31. The van der Waals surface area contributed by atoms with Crippen LogP contribution in [0.4, 0.5) is 5.69 Å². The lowest BCUT2D eigenvalue weighted by Crippen LogP contribution is -2.51. The van der Waals surface area contributed by atoms with E-state index in [0.29, 0.717) is 12.2 Å². The lowest BCUT2D eigenvalue weighted by Gasteiger charge is -2.32. The van der Waals surface area contributed by atoms with Crippen molar-refractivity contribution in [3.05, 3.63) is 63.6 Å². The molecule has 7 nitrogen and oxygen atoms in total. The monoisotopic (exact) mass is 551 g/mol. The summed E-state index contributed by atoms with van der Waals surface area (Å²) in [5.41, 5.74) is 2.82. The van der Waals surface area contributed by atoms with Gasteiger partial charge in [0.05, 0.1) is 11.9 Å². The number of halogens is 1. The van der Waals surface area contributed by atoms with Crippen LogP contribution in [0.3, 0.4) is 0 Å². The number of para-hydroxylation sites is 1. The number of aryl methyl sites for hydroxylation is 2. The van der Waals surface area contributed by atoms with E-state index in [9.17, 15) is 18.0 Å². The number of carbonyl (C=O) groups excluding carboxylic acids is 2. The maximum atomic E-state index is 13.6. The molecule has 2 rings (SSSR count). The van der Waals surface area contributed by atoms with Crippen molar-refractivity contribution in [1.82, 2.24) is 10.2 Å². The molecule has 0 aromatic heterocycles. The second-order valence-electron chi connectivity index (χ2n) is 8.97. The molecule has 2 amide bonds. The minimum absolute atomic E-state index is 0.173. The molecule has 0 radical (unpaired) electrons. The number of hydrogen-bond acceptors (Lipinski definition) is 4. The Morgan fingerprint density at radius 2 is 1.56 bits per heavy atom. The van der Waals surface area contributed by atoms with Gasteiger partial charge in [0.25, 0.3) is 0 Å². The molecule has 9 heteroatoms. The summed E-state index contributed by atoms with van der Waals surface area (Å²) < 4.78 is 27.5. The molecule has 0 fully saturated rings. The van der Waals surface area contributed by atoms with E-state index >= 15 is 0 Å². The predicted octanol–water partition coefficient (Wildman–Crippen LogP) is 4.02. The fraction of sp³-hybridized carbons (Fsp3) is 0.440. The lowest BCUT2D eigenvalue weighted by molar-refractivity contribution is -0.139. The summed E-state index contributed by atoms with van der Waals surface area (Å²) in [6.45, 7) is 9.53. The number of amides is 2. The third kappa shape index (κ3) is 7.56. The maximum absolute atomic E-state index is 13.6. The highest BCUT2D eigenvalue weighted by atomic mass is 79.9. The zero-order valence-corrected chi connectivity index (χ0v) is 23.0. The zero-order valence-electron chi connectivity index (χ0n) is 20.6. The van der Waals surface area contributed by atoms with E-state index in [2.05, 4.69) is 21.2 Å². The molecule has 0 aliphatic rings. The molecule has 0 aliphatic carbocycles. The van der Waals surface area contributed by atoms with Gasteiger partial charge in [0, 0.05) is 17.6 Å². The Hall–Kier alpha value is -2.39. The summed E-state index contributed by atoms with van der Waals surface area (Å²) in [5.74, 6) is -0.475. The van der Waals surface area contributed by atoms with Gasteiger partial charge in [0.2, 0.25) is 21.8 Å². The highest BCUT2D eigenvalue weighted by molar-refractivity contribution is 9.10. The van der Waals surface area contributed by atoms with Crippen LogP contribution < -0.4 is 9.62 Å². The summed E-state index contributed by atoms with van der Waals surface area (Å²) in [6.07, 6.45) is 1.09. The standard InChI is InChI=1S/C25H34BrN3O4S/c1-17(2)14-27-25(31)20(5)28(15-21-10-12-22(26)13-11-21)23(30)16-29(34(6,32)33)24-18(3)8-7-9-19(24)4/h7-13,17,20H,14-16H2,1-6H3,(H,27,31)/t20-/m1/s1. The van der Waals surface area contributed by atoms with Crippen LogP contribution in [0, 0.1) is 19.8 Å². The zero-order chi connectivity index (χ0) is 25.6. The van der Waals surface area contributed by atoms with E-state index in [1.54, 1.807) is 6.92 Å². The third-order valence-corrected chi connectivity index (χ3v) is 7.13. The van der Waals surface area contributed by atoms with E-state index in [-0.39, 0.29) is 18.4 Å². The molecule has 0 bridgehead atoms. The van der Waals surface area contributed by atoms with Crippen LogP contribution in [0.2, 0.25) is 0 Å². The van der Waals surface area contributed by atoms with E-state index in [0.717, 1.165) is 31.7 Å². The average molecular weight is 553 g/mol. The Labute approximate surface area is 211 Å². The molecule has 186 valence electrons. The molecule has 34 heavy (non-hydrogen) atoms. The van der Waals surface area contributed by atoms with Crippen LogP contribution >= 0.6 is 15.9 Å². The third-order valence-electron chi connectivity index (χ3n) is 5.49. The molecule has 2 aromatic rings. The predicted molar refractivity (Wildman–Crippen MR) is 140 cm³/mol. The van der Waals surface area contributed by atoms with Gasteiger partial charge in [-0.3, -0.25) is 13.9 Å². The van der Waals surface area contributed by atoms with Crippen molar-refractivity contribution in [2.45, 2.75) is 47.2 Å². The first-order chi connectivity index (χ1) is 15.8. The summed E-state index contributed by atoms with van der Waals surface area (Å²) >= 11 is 3.40. The van der Waals surface area contributed by atoms with Crippen LogP contribution in [0.5, 0.6) is 0 Å². The normalized spacial score (nSPS) is 12.4. The summed E-state index contributed by atoms with van der Waals surface area (Å²) in [5, 5.41) is 2.87. The van der Waals surface area contributed by atoms with Crippen molar-refractivity contribution < 1.29 is 18.0 Å². The Bertz CT molecular complexity index is 1100. The smallest absolute Gasteiger partial charge is 0.244 e. The minimum Gasteiger partial charge on any atom is -0.354 e. The van der Waals surface area contributed by atoms with Gasteiger partial charge in [-0.2, -0.15) is 0 Å². The molecule has 0 saturated heterocycles. The van der Waals surface area contributed by atoms with Crippen LogP contribution in [-0.2, 0) is 26.2 Å². The molecular formula is C25H34BrN3O4S. The number of benzene rings is 2. The molecule has 1 N–H and O–H groups in total. The largest absolute Gasteiger partial charge is 0.354 e. The van der Waals surface area contributed by atoms with Crippen molar-refractivity contribution in [3.63, 3.8) is 0 Å². The molecule has 1 atom stereocenters. The quantitative estimate of drug-likeness (QED) is 0.483.